The summed E-state index contributed by atoms with van der Waals surface area (Å²) >= 11 is 0. The van der Waals surface area contributed by atoms with E-state index in [-0.39, 0.29) is 17.9 Å². The molecule has 2 saturated heterocycles. The zero-order chi connectivity index (χ0) is 14.2. The van der Waals surface area contributed by atoms with Crippen molar-refractivity contribution in [2.45, 2.75) is 44.2 Å². The molecule has 0 radical (unpaired) electrons. The van der Waals surface area contributed by atoms with E-state index in [0.717, 1.165) is 25.9 Å². The summed E-state index contributed by atoms with van der Waals surface area (Å²) in [5.74, 6) is 0.767. The molecule has 0 bridgehead atoms. The lowest BCUT2D eigenvalue weighted by Crippen LogP contribution is -2.48. The van der Waals surface area contributed by atoms with Crippen molar-refractivity contribution in [3.63, 3.8) is 0 Å². The van der Waals surface area contributed by atoms with Crippen LogP contribution in [0.4, 0.5) is 0 Å². The molecule has 0 aromatic rings. The first-order chi connectivity index (χ1) is 9.56. The van der Waals surface area contributed by atoms with Crippen LogP contribution < -0.4 is 0 Å². The summed E-state index contributed by atoms with van der Waals surface area (Å²) < 4.78 is 32.8. The van der Waals surface area contributed by atoms with Crippen molar-refractivity contribution >= 4 is 10.0 Å². The van der Waals surface area contributed by atoms with Crippen molar-refractivity contribution in [2.75, 3.05) is 39.0 Å². The maximum Gasteiger partial charge on any atom is 0.216 e. The van der Waals surface area contributed by atoms with Crippen molar-refractivity contribution < 1.29 is 13.2 Å². The van der Waals surface area contributed by atoms with Gasteiger partial charge in [0, 0.05) is 25.7 Å². The van der Waals surface area contributed by atoms with Gasteiger partial charge in [-0.15, -0.1) is 0 Å². The average Bonchev–Trinajstić information content (AvgIpc) is 2.75. The second-order valence-electron chi connectivity index (χ2n) is 6.54. The fourth-order valence-electron chi connectivity index (χ4n) is 3.71. The van der Waals surface area contributed by atoms with Gasteiger partial charge < -0.3 is 9.64 Å². The summed E-state index contributed by atoms with van der Waals surface area (Å²) in [5.41, 5.74) is 0. The minimum Gasteiger partial charge on any atom is -0.374 e. The van der Waals surface area contributed by atoms with Crippen molar-refractivity contribution in [3.8, 4) is 0 Å². The fourth-order valence-corrected chi connectivity index (χ4v) is 5.67. The van der Waals surface area contributed by atoms with Crippen LogP contribution in [0.25, 0.3) is 0 Å². The van der Waals surface area contributed by atoms with Crippen LogP contribution in [0.5, 0.6) is 0 Å². The van der Waals surface area contributed by atoms with Crippen molar-refractivity contribution in [2.24, 2.45) is 5.92 Å². The molecule has 3 rings (SSSR count). The Kier molecular flexibility index (Phi) is 4.36. The standard InChI is InChI=1S/C14H26N2O3S/c1-15-8-9-19-13(10-15)11-20(17,18)16-7-3-6-14(16)12-4-2-5-12/h12-14H,2-11H2,1H3. The number of likely N-dealkylation sites (N-methyl/N-ethyl adjacent to an activating group) is 1. The molecule has 2 atom stereocenters. The second-order valence-corrected chi connectivity index (χ2v) is 8.51. The molecule has 20 heavy (non-hydrogen) atoms. The van der Waals surface area contributed by atoms with Gasteiger partial charge in [-0.3, -0.25) is 0 Å². The first kappa shape index (κ1) is 14.8. The lowest BCUT2D eigenvalue weighted by molar-refractivity contribution is -0.00743. The largest absolute Gasteiger partial charge is 0.374 e. The van der Waals surface area contributed by atoms with Crippen molar-refractivity contribution in [1.82, 2.24) is 9.21 Å². The van der Waals surface area contributed by atoms with Gasteiger partial charge in [0.25, 0.3) is 0 Å². The summed E-state index contributed by atoms with van der Waals surface area (Å²) in [7, 11) is -1.15. The molecule has 1 saturated carbocycles. The highest BCUT2D eigenvalue weighted by molar-refractivity contribution is 7.89. The van der Waals surface area contributed by atoms with Crippen molar-refractivity contribution in [3.05, 3.63) is 0 Å². The molecule has 1 aliphatic carbocycles. The van der Waals surface area contributed by atoms with Gasteiger partial charge in [-0.2, -0.15) is 4.31 Å². The SMILES string of the molecule is CN1CCOC(CS(=O)(=O)N2CCCC2C2CCC2)C1. The predicted octanol–water partition coefficient (Wildman–Crippen LogP) is 0.911. The highest BCUT2D eigenvalue weighted by Gasteiger charge is 2.41. The molecular weight excluding hydrogens is 276 g/mol. The van der Waals surface area contributed by atoms with Gasteiger partial charge in [0.05, 0.1) is 18.5 Å². The lowest BCUT2D eigenvalue weighted by Gasteiger charge is -2.37. The number of nitrogens with zero attached hydrogens (tertiary/aromatic N) is 2. The van der Waals surface area contributed by atoms with E-state index in [0.29, 0.717) is 19.1 Å². The van der Waals surface area contributed by atoms with Gasteiger partial charge >= 0.3 is 0 Å². The zero-order valence-corrected chi connectivity index (χ0v) is 13.1. The topological polar surface area (TPSA) is 49.9 Å². The molecule has 0 amide bonds. The van der Waals surface area contributed by atoms with Crippen molar-refractivity contribution in [1.29, 1.82) is 0 Å². The summed E-state index contributed by atoms with van der Waals surface area (Å²) in [4.78, 5) is 2.15. The predicted molar refractivity (Wildman–Crippen MR) is 78.1 cm³/mol. The minimum absolute atomic E-state index is 0.153. The number of morpholine rings is 1. The molecular formula is C14H26N2O3S. The van der Waals surface area contributed by atoms with E-state index in [2.05, 4.69) is 4.90 Å². The molecule has 116 valence electrons. The maximum absolute atomic E-state index is 12.7. The van der Waals surface area contributed by atoms with Crippen LogP contribution in [-0.2, 0) is 14.8 Å². The van der Waals surface area contributed by atoms with Crippen LogP contribution in [0.15, 0.2) is 0 Å². The highest BCUT2D eigenvalue weighted by atomic mass is 32.2. The van der Waals surface area contributed by atoms with E-state index in [1.165, 1.54) is 19.3 Å². The summed E-state index contributed by atoms with van der Waals surface area (Å²) in [6.07, 6.45) is 5.59. The molecule has 0 N–H and O–H groups in total. The Morgan fingerprint density at radius 3 is 2.60 bits per heavy atom. The van der Waals surface area contributed by atoms with Crippen LogP contribution in [0.2, 0.25) is 0 Å². The van der Waals surface area contributed by atoms with E-state index in [1.807, 2.05) is 7.05 Å². The van der Waals surface area contributed by atoms with Crippen LogP contribution >= 0.6 is 0 Å². The van der Waals surface area contributed by atoms with E-state index in [1.54, 1.807) is 4.31 Å². The van der Waals surface area contributed by atoms with Gasteiger partial charge in [0.2, 0.25) is 10.0 Å². The normalized spacial score (nSPS) is 34.2. The molecule has 6 heteroatoms. The lowest BCUT2D eigenvalue weighted by atomic mass is 9.79. The van der Waals surface area contributed by atoms with Gasteiger partial charge in [0.1, 0.15) is 0 Å². The van der Waals surface area contributed by atoms with Crippen LogP contribution in [0.1, 0.15) is 32.1 Å². The third-order valence-electron chi connectivity index (χ3n) is 5.04. The number of sulfonamides is 1. The van der Waals surface area contributed by atoms with Crippen LogP contribution in [0, 0.1) is 5.92 Å². The average molecular weight is 302 g/mol. The Bertz CT molecular complexity index is 436. The Balaban J connectivity index is 1.64. The number of ether oxygens (including phenoxy) is 1. The monoisotopic (exact) mass is 302 g/mol. The summed E-state index contributed by atoms with van der Waals surface area (Å²) in [5, 5.41) is 0. The molecule has 0 aromatic carbocycles. The molecule has 3 aliphatic rings. The molecule has 0 aromatic heterocycles. The van der Waals surface area contributed by atoms with Gasteiger partial charge in [-0.25, -0.2) is 8.42 Å². The fraction of sp³-hybridized carbons (Fsp3) is 1.00. The quantitative estimate of drug-likeness (QED) is 0.774. The molecule has 0 spiro atoms. The van der Waals surface area contributed by atoms with E-state index in [4.69, 9.17) is 4.74 Å². The molecule has 5 nitrogen and oxygen atoms in total. The number of rotatable bonds is 4. The Hall–Kier alpha value is -0.170. The van der Waals surface area contributed by atoms with Crippen LogP contribution in [0.3, 0.4) is 0 Å². The Morgan fingerprint density at radius 1 is 1.15 bits per heavy atom. The first-order valence-corrected chi connectivity index (χ1v) is 9.47. The third kappa shape index (κ3) is 3.03. The Morgan fingerprint density at radius 2 is 1.95 bits per heavy atom. The van der Waals surface area contributed by atoms with Gasteiger partial charge in [-0.1, -0.05) is 6.42 Å². The Labute approximate surface area is 122 Å². The highest BCUT2D eigenvalue weighted by Crippen LogP contribution is 2.38. The van der Waals surface area contributed by atoms with E-state index >= 15 is 0 Å². The maximum atomic E-state index is 12.7. The van der Waals surface area contributed by atoms with Gasteiger partial charge in [0.15, 0.2) is 0 Å². The van der Waals surface area contributed by atoms with Crippen LogP contribution in [-0.4, -0.2) is 68.8 Å². The third-order valence-corrected chi connectivity index (χ3v) is 7.00. The number of hydrogen-bond donors (Lipinski definition) is 0. The molecule has 2 aliphatic heterocycles. The molecule has 3 fully saturated rings. The summed E-state index contributed by atoms with van der Waals surface area (Å²) in [6.45, 7) is 2.97. The second kappa shape index (κ2) is 5.91. The number of hydrogen-bond acceptors (Lipinski definition) is 4. The minimum atomic E-state index is -3.17. The zero-order valence-electron chi connectivity index (χ0n) is 12.3. The summed E-state index contributed by atoms with van der Waals surface area (Å²) in [6, 6.07) is 0.273. The van der Waals surface area contributed by atoms with E-state index < -0.39 is 10.0 Å². The molecule has 2 heterocycles. The van der Waals surface area contributed by atoms with Gasteiger partial charge in [-0.05, 0) is 38.6 Å². The smallest absolute Gasteiger partial charge is 0.216 e. The first-order valence-electron chi connectivity index (χ1n) is 7.86. The molecule has 2 unspecified atom stereocenters. The van der Waals surface area contributed by atoms with E-state index in [9.17, 15) is 8.42 Å².